The molecule has 2 aliphatic rings. The molecule has 1 aliphatic heterocycles. The van der Waals surface area contributed by atoms with Crippen LogP contribution in [-0.4, -0.2) is 47.5 Å². The summed E-state index contributed by atoms with van der Waals surface area (Å²) in [6.07, 6.45) is 1.83. The van der Waals surface area contributed by atoms with E-state index in [4.69, 9.17) is 10.9 Å². The molecule has 21 heavy (non-hydrogen) atoms. The van der Waals surface area contributed by atoms with Crippen LogP contribution in [0.5, 0.6) is 0 Å². The van der Waals surface area contributed by atoms with Crippen LogP contribution < -0.4 is 11.1 Å². The third-order valence-corrected chi connectivity index (χ3v) is 5.73. The van der Waals surface area contributed by atoms with Crippen LogP contribution >= 0.6 is 0 Å². The summed E-state index contributed by atoms with van der Waals surface area (Å²) in [4.78, 5) is 14.6. The molecule has 0 spiro atoms. The van der Waals surface area contributed by atoms with Crippen LogP contribution in [-0.2, 0) is 4.79 Å². The maximum Gasteiger partial charge on any atom is 0.224 e. The molecule has 1 aliphatic carbocycles. The van der Waals surface area contributed by atoms with Crippen molar-refractivity contribution >= 4 is 11.7 Å². The Morgan fingerprint density at radius 1 is 1.29 bits per heavy atom. The number of nitrogens with zero attached hydrogens (tertiary/aromatic N) is 2. The molecule has 0 aromatic rings. The Morgan fingerprint density at radius 2 is 1.81 bits per heavy atom. The Bertz CT molecular complexity index is 423. The van der Waals surface area contributed by atoms with Gasteiger partial charge in [-0.25, -0.2) is 0 Å². The number of nitrogens with two attached hydrogens (primary N) is 1. The summed E-state index contributed by atoms with van der Waals surface area (Å²) in [7, 11) is 0. The van der Waals surface area contributed by atoms with Gasteiger partial charge in [-0.3, -0.25) is 9.69 Å². The lowest BCUT2D eigenvalue weighted by Gasteiger charge is -2.32. The van der Waals surface area contributed by atoms with Crippen molar-refractivity contribution in [3.8, 4) is 0 Å². The summed E-state index contributed by atoms with van der Waals surface area (Å²) in [5.41, 5.74) is 5.69. The zero-order valence-electron chi connectivity index (χ0n) is 13.5. The number of hydrogen-bond donors (Lipinski definition) is 3. The highest BCUT2D eigenvalue weighted by Gasteiger charge is 2.68. The van der Waals surface area contributed by atoms with Crippen LogP contribution in [0.2, 0.25) is 0 Å². The summed E-state index contributed by atoms with van der Waals surface area (Å²) in [5, 5.41) is 14.8. The Hall–Kier alpha value is -1.30. The molecule has 120 valence electrons. The fraction of sp³-hybridized carbons (Fsp3) is 0.867. The van der Waals surface area contributed by atoms with Crippen LogP contribution in [0.25, 0.3) is 0 Å². The van der Waals surface area contributed by atoms with Gasteiger partial charge in [-0.1, -0.05) is 32.9 Å². The zero-order valence-corrected chi connectivity index (χ0v) is 13.5. The van der Waals surface area contributed by atoms with E-state index in [0.717, 1.165) is 25.9 Å². The smallest absolute Gasteiger partial charge is 0.224 e. The van der Waals surface area contributed by atoms with Gasteiger partial charge in [0.05, 0.1) is 6.54 Å². The van der Waals surface area contributed by atoms with Crippen LogP contribution in [0.15, 0.2) is 5.16 Å². The van der Waals surface area contributed by atoms with Gasteiger partial charge in [0.2, 0.25) is 5.91 Å². The summed E-state index contributed by atoms with van der Waals surface area (Å²) in [6, 6.07) is 0.244. The molecule has 0 bridgehead atoms. The van der Waals surface area contributed by atoms with Crippen LogP contribution in [0.3, 0.4) is 0 Å². The number of oxime groups is 1. The summed E-state index contributed by atoms with van der Waals surface area (Å²) in [5.74, 6) is 0.541. The minimum atomic E-state index is 0.0871. The monoisotopic (exact) mass is 296 g/mol. The van der Waals surface area contributed by atoms with Crippen LogP contribution in [0, 0.1) is 16.7 Å². The minimum absolute atomic E-state index is 0.0871. The van der Waals surface area contributed by atoms with Crippen molar-refractivity contribution in [2.75, 3.05) is 19.6 Å². The average molecular weight is 296 g/mol. The van der Waals surface area contributed by atoms with Gasteiger partial charge >= 0.3 is 0 Å². The molecule has 1 saturated carbocycles. The first-order chi connectivity index (χ1) is 9.70. The van der Waals surface area contributed by atoms with E-state index >= 15 is 0 Å². The second-order valence-corrected chi connectivity index (χ2v) is 7.53. The Balaban J connectivity index is 1.78. The second-order valence-electron chi connectivity index (χ2n) is 7.53. The largest absolute Gasteiger partial charge is 0.409 e. The van der Waals surface area contributed by atoms with Crippen molar-refractivity contribution in [2.45, 2.75) is 46.6 Å². The van der Waals surface area contributed by atoms with Gasteiger partial charge < -0.3 is 16.3 Å². The van der Waals surface area contributed by atoms with Crippen molar-refractivity contribution in [1.29, 1.82) is 0 Å². The number of carbonyl (C=O) groups is 1. The van der Waals surface area contributed by atoms with Gasteiger partial charge in [-0.05, 0) is 23.7 Å². The summed E-state index contributed by atoms with van der Waals surface area (Å²) in [6.45, 7) is 10.9. The van der Waals surface area contributed by atoms with E-state index in [-0.39, 0.29) is 34.5 Å². The molecule has 1 amide bonds. The highest BCUT2D eigenvalue weighted by Crippen LogP contribution is 2.68. The van der Waals surface area contributed by atoms with Gasteiger partial charge in [-0.15, -0.1) is 0 Å². The molecular weight excluding hydrogens is 268 g/mol. The molecule has 0 unspecified atom stereocenters. The highest BCUT2D eigenvalue weighted by molar-refractivity contribution is 5.84. The molecule has 2 fully saturated rings. The number of hydrogen-bond acceptors (Lipinski definition) is 4. The van der Waals surface area contributed by atoms with E-state index in [9.17, 15) is 4.79 Å². The first kappa shape index (κ1) is 16.1. The van der Waals surface area contributed by atoms with Crippen LogP contribution in [0.1, 0.15) is 40.5 Å². The molecule has 6 heteroatoms. The van der Waals surface area contributed by atoms with Crippen LogP contribution in [0.4, 0.5) is 0 Å². The third kappa shape index (κ3) is 3.00. The maximum absolute atomic E-state index is 12.4. The van der Waals surface area contributed by atoms with E-state index in [1.807, 2.05) is 0 Å². The number of carbonyl (C=O) groups excluding carboxylic acids is 1. The molecule has 2 rings (SSSR count). The number of nitrogens with one attached hydrogen (secondary N) is 1. The molecule has 1 saturated heterocycles. The van der Waals surface area contributed by atoms with Crippen molar-refractivity contribution < 1.29 is 10.0 Å². The van der Waals surface area contributed by atoms with Crippen molar-refractivity contribution in [3.63, 3.8) is 0 Å². The molecular formula is C15H28N4O2. The van der Waals surface area contributed by atoms with Crippen molar-refractivity contribution in [1.82, 2.24) is 10.2 Å². The van der Waals surface area contributed by atoms with Gasteiger partial charge in [0.25, 0.3) is 0 Å². The van der Waals surface area contributed by atoms with Gasteiger partial charge in [0.1, 0.15) is 0 Å². The van der Waals surface area contributed by atoms with E-state index in [1.165, 1.54) is 0 Å². The zero-order chi connectivity index (χ0) is 15.8. The Kier molecular flexibility index (Phi) is 4.19. The van der Waals surface area contributed by atoms with Crippen molar-refractivity contribution in [3.05, 3.63) is 0 Å². The maximum atomic E-state index is 12.4. The predicted molar refractivity (Wildman–Crippen MR) is 82.1 cm³/mol. The fourth-order valence-electron chi connectivity index (χ4n) is 3.63. The molecule has 1 heterocycles. The van der Waals surface area contributed by atoms with Gasteiger partial charge in [-0.2, -0.15) is 0 Å². The highest BCUT2D eigenvalue weighted by atomic mass is 16.4. The number of amidine groups is 1. The number of likely N-dealkylation sites (tertiary alicyclic amines) is 1. The normalized spacial score (nSPS) is 26.6. The van der Waals surface area contributed by atoms with E-state index in [2.05, 4.69) is 43.1 Å². The summed E-state index contributed by atoms with van der Waals surface area (Å²) >= 11 is 0. The fourth-order valence-corrected chi connectivity index (χ4v) is 3.63. The average Bonchev–Trinajstić information content (AvgIpc) is 2.82. The first-order valence-corrected chi connectivity index (χ1v) is 7.69. The van der Waals surface area contributed by atoms with Gasteiger partial charge in [0.15, 0.2) is 5.84 Å². The van der Waals surface area contributed by atoms with E-state index in [1.54, 1.807) is 0 Å². The molecule has 0 aromatic carbocycles. The minimum Gasteiger partial charge on any atom is -0.409 e. The standard InChI is InChI=1S/C15H28N4O2/c1-14(2)12(15(14,3)4)13(20)17-10-5-7-19(8-6-10)9-11(16)18-21/h10,12,21H,5-9H2,1-4H3,(H2,16,18)(H,17,20). The van der Waals surface area contributed by atoms with Gasteiger partial charge in [0, 0.05) is 25.0 Å². The molecule has 4 N–H and O–H groups in total. The number of rotatable bonds is 4. The lowest BCUT2D eigenvalue weighted by atomic mass is 10.0. The topological polar surface area (TPSA) is 91.0 Å². The molecule has 0 atom stereocenters. The lowest BCUT2D eigenvalue weighted by Crippen LogP contribution is -2.47. The van der Waals surface area contributed by atoms with Crippen molar-refractivity contribution in [2.24, 2.45) is 27.6 Å². The van der Waals surface area contributed by atoms with E-state index in [0.29, 0.717) is 6.54 Å². The first-order valence-electron chi connectivity index (χ1n) is 7.69. The lowest BCUT2D eigenvalue weighted by molar-refractivity contribution is -0.124. The quantitative estimate of drug-likeness (QED) is 0.312. The molecule has 0 aromatic heterocycles. The van der Waals surface area contributed by atoms with E-state index < -0.39 is 0 Å². The number of amides is 1. The SMILES string of the molecule is CC1(C)C(C(=O)NC2CCN(CC(N)=NO)CC2)C1(C)C. The molecule has 6 nitrogen and oxygen atoms in total. The third-order valence-electron chi connectivity index (χ3n) is 5.73. The Morgan fingerprint density at radius 3 is 2.24 bits per heavy atom. The molecule has 0 radical (unpaired) electrons. The number of piperidine rings is 1. The second kappa shape index (κ2) is 5.48. The Labute approximate surface area is 126 Å². The predicted octanol–water partition coefficient (Wildman–Crippen LogP) is 0.996. The summed E-state index contributed by atoms with van der Waals surface area (Å²) < 4.78 is 0.